The van der Waals surface area contributed by atoms with E-state index in [0.29, 0.717) is 5.69 Å². The highest BCUT2D eigenvalue weighted by molar-refractivity contribution is 7.91. The number of nitrogens with one attached hydrogen (secondary N) is 1. The van der Waals surface area contributed by atoms with Gasteiger partial charge in [0, 0.05) is 5.54 Å². The van der Waals surface area contributed by atoms with E-state index in [1.54, 1.807) is 26.0 Å². The van der Waals surface area contributed by atoms with Gasteiger partial charge in [-0.25, -0.2) is 13.2 Å². The molecule has 98 valence electrons. The van der Waals surface area contributed by atoms with Crippen LogP contribution in [-0.4, -0.2) is 32.8 Å². The summed E-state index contributed by atoms with van der Waals surface area (Å²) in [6.45, 7) is 3.56. The van der Waals surface area contributed by atoms with E-state index in [2.05, 4.69) is 10.1 Å². The molecule has 0 saturated carbocycles. The van der Waals surface area contributed by atoms with Crippen molar-refractivity contribution in [3.8, 4) is 0 Å². The first-order chi connectivity index (χ1) is 8.27. The highest BCUT2D eigenvalue weighted by atomic mass is 32.2. The molecular formula is C12H15NO4S. The quantitative estimate of drug-likeness (QED) is 0.781. The maximum absolute atomic E-state index is 12.2. The molecule has 0 unspecified atom stereocenters. The first-order valence-electron chi connectivity index (χ1n) is 5.49. The van der Waals surface area contributed by atoms with Gasteiger partial charge in [0.05, 0.1) is 29.0 Å². The molecule has 6 heteroatoms. The van der Waals surface area contributed by atoms with Crippen LogP contribution < -0.4 is 5.32 Å². The third kappa shape index (κ3) is 2.08. The van der Waals surface area contributed by atoms with E-state index in [4.69, 9.17) is 0 Å². The summed E-state index contributed by atoms with van der Waals surface area (Å²) in [6.07, 6.45) is 0. The van der Waals surface area contributed by atoms with Crippen LogP contribution in [0.4, 0.5) is 5.69 Å². The van der Waals surface area contributed by atoms with Gasteiger partial charge in [-0.15, -0.1) is 0 Å². The van der Waals surface area contributed by atoms with Crippen molar-refractivity contribution in [2.24, 2.45) is 0 Å². The summed E-state index contributed by atoms with van der Waals surface area (Å²) in [5, 5.41) is 3.10. The second-order valence-corrected chi connectivity index (χ2v) is 6.90. The van der Waals surface area contributed by atoms with Crippen molar-refractivity contribution in [1.29, 1.82) is 0 Å². The molecule has 0 fully saturated rings. The predicted molar refractivity (Wildman–Crippen MR) is 67.5 cm³/mol. The van der Waals surface area contributed by atoms with Crippen molar-refractivity contribution in [2.45, 2.75) is 24.3 Å². The summed E-state index contributed by atoms with van der Waals surface area (Å²) in [6, 6.07) is 4.59. The molecule has 0 amide bonds. The van der Waals surface area contributed by atoms with Gasteiger partial charge in [-0.3, -0.25) is 0 Å². The summed E-state index contributed by atoms with van der Waals surface area (Å²) in [4.78, 5) is 11.8. The summed E-state index contributed by atoms with van der Waals surface area (Å²) in [7, 11) is -2.12. The third-order valence-electron chi connectivity index (χ3n) is 2.78. The molecule has 1 aliphatic heterocycles. The molecule has 1 aliphatic rings. The van der Waals surface area contributed by atoms with Gasteiger partial charge in [-0.1, -0.05) is 6.07 Å². The second-order valence-electron chi connectivity index (χ2n) is 4.94. The lowest BCUT2D eigenvalue weighted by Gasteiger charge is -2.34. The van der Waals surface area contributed by atoms with E-state index in [-0.39, 0.29) is 16.2 Å². The maximum Gasteiger partial charge on any atom is 0.340 e. The lowest BCUT2D eigenvalue weighted by molar-refractivity contribution is 0.0601. The van der Waals surface area contributed by atoms with Crippen LogP contribution in [0.3, 0.4) is 0 Å². The molecule has 5 nitrogen and oxygen atoms in total. The number of carbonyl (C=O) groups excluding carboxylic acids is 1. The number of rotatable bonds is 1. The van der Waals surface area contributed by atoms with Crippen LogP contribution in [0.5, 0.6) is 0 Å². The molecular weight excluding hydrogens is 254 g/mol. The van der Waals surface area contributed by atoms with Crippen molar-refractivity contribution < 1.29 is 17.9 Å². The Morgan fingerprint density at radius 1 is 1.39 bits per heavy atom. The number of methoxy groups -OCH3 is 1. The fraction of sp³-hybridized carbons (Fsp3) is 0.417. The number of para-hydroxylation sites is 1. The smallest absolute Gasteiger partial charge is 0.340 e. The predicted octanol–water partition coefficient (Wildman–Crippen LogP) is 1.45. The molecule has 0 radical (unpaired) electrons. The van der Waals surface area contributed by atoms with Crippen molar-refractivity contribution in [2.75, 3.05) is 18.2 Å². The number of fused-ring (bicyclic) bond motifs is 1. The minimum Gasteiger partial charge on any atom is -0.465 e. The minimum absolute atomic E-state index is 0.00236. The normalized spacial score (nSPS) is 19.5. The van der Waals surface area contributed by atoms with Crippen molar-refractivity contribution in [3.63, 3.8) is 0 Å². The summed E-state index contributed by atoms with van der Waals surface area (Å²) >= 11 is 0. The summed E-state index contributed by atoms with van der Waals surface area (Å²) < 4.78 is 29.0. The Labute approximate surface area is 106 Å². The number of ether oxygens (including phenoxy) is 1. The van der Waals surface area contributed by atoms with E-state index in [9.17, 15) is 13.2 Å². The fourth-order valence-electron chi connectivity index (χ4n) is 2.13. The Hall–Kier alpha value is -1.56. The van der Waals surface area contributed by atoms with E-state index in [1.165, 1.54) is 13.2 Å². The van der Waals surface area contributed by atoms with E-state index in [1.807, 2.05) is 0 Å². The number of hydrogen-bond acceptors (Lipinski definition) is 5. The Bertz CT molecular complexity index is 605. The van der Waals surface area contributed by atoms with Crippen LogP contribution >= 0.6 is 0 Å². The van der Waals surface area contributed by atoms with Crippen molar-refractivity contribution >= 4 is 21.5 Å². The van der Waals surface area contributed by atoms with Gasteiger partial charge in [0.25, 0.3) is 0 Å². The first-order valence-corrected chi connectivity index (χ1v) is 7.14. The molecule has 0 aromatic heterocycles. The summed E-state index contributed by atoms with van der Waals surface area (Å²) in [5.41, 5.74) is -0.0392. The van der Waals surface area contributed by atoms with Crippen LogP contribution in [-0.2, 0) is 14.6 Å². The third-order valence-corrected chi connectivity index (χ3v) is 4.89. The average molecular weight is 269 g/mol. The molecule has 18 heavy (non-hydrogen) atoms. The highest BCUT2D eigenvalue weighted by Gasteiger charge is 2.37. The number of esters is 1. The number of sulfone groups is 1. The van der Waals surface area contributed by atoms with Gasteiger partial charge >= 0.3 is 5.97 Å². The molecule has 0 aliphatic carbocycles. The topological polar surface area (TPSA) is 72.5 Å². The molecule has 1 aromatic carbocycles. The number of carbonyl (C=O) groups is 1. The number of hydrogen-bond donors (Lipinski definition) is 1. The lowest BCUT2D eigenvalue weighted by Crippen LogP contribution is -2.43. The Morgan fingerprint density at radius 3 is 2.67 bits per heavy atom. The standard InChI is InChI=1S/C12H15NO4S/c1-12(2)7-18(15,16)9-6-4-5-8(10(9)13-12)11(14)17-3/h4-6,13H,7H2,1-3H3. The minimum atomic E-state index is -3.38. The zero-order valence-corrected chi connectivity index (χ0v) is 11.3. The molecule has 0 saturated heterocycles. The molecule has 1 aromatic rings. The second kappa shape index (κ2) is 3.98. The molecule has 2 rings (SSSR count). The average Bonchev–Trinajstić information content (AvgIpc) is 2.24. The van der Waals surface area contributed by atoms with Gasteiger partial charge in [0.2, 0.25) is 0 Å². The van der Waals surface area contributed by atoms with E-state index >= 15 is 0 Å². The molecule has 0 bridgehead atoms. The number of anilines is 1. The van der Waals surface area contributed by atoms with Crippen molar-refractivity contribution in [3.05, 3.63) is 23.8 Å². The lowest BCUT2D eigenvalue weighted by atomic mass is 10.1. The Balaban J connectivity index is 2.70. The molecule has 1 heterocycles. The van der Waals surface area contributed by atoms with Crippen LogP contribution in [0, 0.1) is 0 Å². The fourth-order valence-corrected chi connectivity index (χ4v) is 4.06. The van der Waals surface area contributed by atoms with Crippen LogP contribution in [0.15, 0.2) is 23.1 Å². The van der Waals surface area contributed by atoms with Gasteiger partial charge in [0.1, 0.15) is 0 Å². The zero-order valence-electron chi connectivity index (χ0n) is 10.5. The van der Waals surface area contributed by atoms with Gasteiger partial charge < -0.3 is 10.1 Å². The zero-order chi connectivity index (χ0) is 13.6. The van der Waals surface area contributed by atoms with E-state index in [0.717, 1.165) is 0 Å². The molecule has 1 N–H and O–H groups in total. The molecule has 0 atom stereocenters. The SMILES string of the molecule is COC(=O)c1cccc2c1NC(C)(C)CS2(=O)=O. The Kier molecular flexibility index (Phi) is 2.85. The first kappa shape index (κ1) is 12.9. The highest BCUT2D eigenvalue weighted by Crippen LogP contribution is 2.35. The summed E-state index contributed by atoms with van der Waals surface area (Å²) in [5.74, 6) is -0.551. The van der Waals surface area contributed by atoms with E-state index < -0.39 is 21.3 Å². The Morgan fingerprint density at radius 2 is 2.06 bits per heavy atom. The van der Waals surface area contributed by atoms with Gasteiger partial charge in [0.15, 0.2) is 9.84 Å². The van der Waals surface area contributed by atoms with Crippen LogP contribution in [0.1, 0.15) is 24.2 Å². The largest absolute Gasteiger partial charge is 0.465 e. The number of benzene rings is 1. The maximum atomic E-state index is 12.2. The molecule has 0 spiro atoms. The van der Waals surface area contributed by atoms with Gasteiger partial charge in [-0.05, 0) is 26.0 Å². The van der Waals surface area contributed by atoms with Crippen LogP contribution in [0.25, 0.3) is 0 Å². The van der Waals surface area contributed by atoms with Gasteiger partial charge in [-0.2, -0.15) is 0 Å². The monoisotopic (exact) mass is 269 g/mol. The van der Waals surface area contributed by atoms with Crippen molar-refractivity contribution in [1.82, 2.24) is 0 Å². The van der Waals surface area contributed by atoms with Crippen LogP contribution in [0.2, 0.25) is 0 Å².